The van der Waals surface area contributed by atoms with E-state index in [-0.39, 0.29) is 12.1 Å². The van der Waals surface area contributed by atoms with E-state index in [9.17, 15) is 5.11 Å². The van der Waals surface area contributed by atoms with Crippen LogP contribution in [0, 0.1) is 5.41 Å². The van der Waals surface area contributed by atoms with Gasteiger partial charge in [-0.3, -0.25) is 0 Å². The average Bonchev–Trinajstić information content (AvgIpc) is 2.47. The molecule has 2 aliphatic carbocycles. The van der Waals surface area contributed by atoms with E-state index in [1.165, 1.54) is 44.9 Å². The number of nitrogens with two attached hydrogens (primary N) is 1. The summed E-state index contributed by atoms with van der Waals surface area (Å²) in [7, 11) is 0. The zero-order valence-electron chi connectivity index (χ0n) is 8.39. The Morgan fingerprint density at radius 1 is 0.923 bits per heavy atom. The van der Waals surface area contributed by atoms with Crippen LogP contribution in [-0.4, -0.2) is 17.3 Å². The minimum Gasteiger partial charge on any atom is -0.394 e. The fraction of sp³-hybridized carbons (Fsp3) is 1.00. The minimum atomic E-state index is -0.243. The van der Waals surface area contributed by atoms with Crippen LogP contribution in [0.2, 0.25) is 0 Å². The van der Waals surface area contributed by atoms with Crippen LogP contribution in [0.3, 0.4) is 0 Å². The lowest BCUT2D eigenvalue weighted by Crippen LogP contribution is -2.55. The molecule has 2 rings (SSSR count). The minimum absolute atomic E-state index is 0.188. The normalized spacial score (nSPS) is 38.3. The first-order valence-electron chi connectivity index (χ1n) is 5.62. The number of rotatable bonds is 1. The molecule has 2 nitrogen and oxygen atoms in total. The Labute approximate surface area is 80.5 Å². The van der Waals surface area contributed by atoms with E-state index in [2.05, 4.69) is 0 Å². The standard InChI is InChI=1S/C11H21NO/c12-11(9-13)8-4-7-10(11)5-2-1-3-6-10/h13H,1-9,12H2. The second kappa shape index (κ2) is 3.25. The van der Waals surface area contributed by atoms with Crippen molar-refractivity contribution in [3.05, 3.63) is 0 Å². The van der Waals surface area contributed by atoms with Crippen molar-refractivity contribution in [2.45, 2.75) is 56.9 Å². The van der Waals surface area contributed by atoms with Gasteiger partial charge in [-0.25, -0.2) is 0 Å². The molecule has 2 aliphatic rings. The second-order valence-electron chi connectivity index (χ2n) is 5.01. The van der Waals surface area contributed by atoms with Crippen molar-refractivity contribution >= 4 is 0 Å². The molecule has 0 aromatic heterocycles. The van der Waals surface area contributed by atoms with E-state index in [0.717, 1.165) is 6.42 Å². The van der Waals surface area contributed by atoms with E-state index in [4.69, 9.17) is 5.73 Å². The molecule has 0 bridgehead atoms. The summed E-state index contributed by atoms with van der Waals surface area (Å²) in [6.45, 7) is 0.188. The molecule has 2 heteroatoms. The van der Waals surface area contributed by atoms with Gasteiger partial charge in [-0.2, -0.15) is 0 Å². The molecule has 2 saturated carbocycles. The van der Waals surface area contributed by atoms with Crippen LogP contribution in [0.4, 0.5) is 0 Å². The van der Waals surface area contributed by atoms with Crippen molar-refractivity contribution in [1.29, 1.82) is 0 Å². The lowest BCUT2D eigenvalue weighted by Gasteiger charge is -2.45. The number of hydrogen-bond acceptors (Lipinski definition) is 2. The Balaban J connectivity index is 2.18. The predicted molar refractivity (Wildman–Crippen MR) is 53.4 cm³/mol. The zero-order chi connectivity index (χ0) is 9.36. The molecule has 0 amide bonds. The maximum atomic E-state index is 9.42. The van der Waals surface area contributed by atoms with E-state index >= 15 is 0 Å². The molecule has 0 aromatic rings. The highest BCUT2D eigenvalue weighted by molar-refractivity contribution is 5.07. The molecule has 76 valence electrons. The Morgan fingerprint density at radius 2 is 1.54 bits per heavy atom. The van der Waals surface area contributed by atoms with Crippen LogP contribution >= 0.6 is 0 Å². The number of aliphatic hydroxyl groups excluding tert-OH is 1. The second-order valence-corrected chi connectivity index (χ2v) is 5.01. The molecule has 3 N–H and O–H groups in total. The fourth-order valence-electron chi connectivity index (χ4n) is 3.48. The fourth-order valence-corrected chi connectivity index (χ4v) is 3.48. The van der Waals surface area contributed by atoms with Gasteiger partial charge in [0.25, 0.3) is 0 Å². The van der Waals surface area contributed by atoms with Gasteiger partial charge >= 0.3 is 0 Å². The Morgan fingerprint density at radius 3 is 2.15 bits per heavy atom. The molecule has 1 unspecified atom stereocenters. The van der Waals surface area contributed by atoms with Crippen LogP contribution in [0.1, 0.15) is 51.4 Å². The smallest absolute Gasteiger partial charge is 0.0616 e. The van der Waals surface area contributed by atoms with Gasteiger partial charge in [0.15, 0.2) is 0 Å². The third-order valence-corrected chi connectivity index (χ3v) is 4.43. The number of hydrogen-bond donors (Lipinski definition) is 2. The molecular weight excluding hydrogens is 162 g/mol. The van der Waals surface area contributed by atoms with Gasteiger partial charge in [0, 0.05) is 5.54 Å². The van der Waals surface area contributed by atoms with Crippen molar-refractivity contribution in [2.75, 3.05) is 6.61 Å². The molecule has 1 spiro atoms. The summed E-state index contributed by atoms with van der Waals surface area (Å²) in [5.41, 5.74) is 6.38. The van der Waals surface area contributed by atoms with Crippen molar-refractivity contribution in [2.24, 2.45) is 11.1 Å². The SMILES string of the molecule is NC1(CO)CCCC12CCCCC2. The van der Waals surface area contributed by atoms with Gasteiger partial charge in [0.1, 0.15) is 0 Å². The average molecular weight is 183 g/mol. The van der Waals surface area contributed by atoms with Gasteiger partial charge in [0.05, 0.1) is 6.61 Å². The first-order chi connectivity index (χ1) is 6.22. The van der Waals surface area contributed by atoms with E-state index in [0.29, 0.717) is 5.41 Å². The molecule has 0 aromatic carbocycles. The van der Waals surface area contributed by atoms with Crippen LogP contribution in [0.5, 0.6) is 0 Å². The lowest BCUT2D eigenvalue weighted by atomic mass is 9.64. The monoisotopic (exact) mass is 183 g/mol. The number of aliphatic hydroxyl groups is 1. The highest BCUT2D eigenvalue weighted by atomic mass is 16.3. The first kappa shape index (κ1) is 9.47. The van der Waals surface area contributed by atoms with Crippen molar-refractivity contribution in [3.63, 3.8) is 0 Å². The molecule has 13 heavy (non-hydrogen) atoms. The van der Waals surface area contributed by atoms with Crippen LogP contribution in [0.15, 0.2) is 0 Å². The summed E-state index contributed by atoms with van der Waals surface area (Å²) in [5, 5.41) is 9.42. The topological polar surface area (TPSA) is 46.2 Å². The van der Waals surface area contributed by atoms with Gasteiger partial charge in [-0.15, -0.1) is 0 Å². The van der Waals surface area contributed by atoms with Gasteiger partial charge < -0.3 is 10.8 Å². The lowest BCUT2D eigenvalue weighted by molar-refractivity contribution is 0.0488. The van der Waals surface area contributed by atoms with Gasteiger partial charge in [-0.1, -0.05) is 25.7 Å². The summed E-state index contributed by atoms with van der Waals surface area (Å²) in [4.78, 5) is 0. The van der Waals surface area contributed by atoms with Crippen molar-refractivity contribution in [3.8, 4) is 0 Å². The quantitative estimate of drug-likeness (QED) is 0.651. The van der Waals surface area contributed by atoms with Crippen LogP contribution < -0.4 is 5.73 Å². The molecule has 0 radical (unpaired) electrons. The molecule has 2 fully saturated rings. The third-order valence-electron chi connectivity index (χ3n) is 4.43. The Bertz CT molecular complexity index is 187. The van der Waals surface area contributed by atoms with E-state index < -0.39 is 0 Å². The van der Waals surface area contributed by atoms with E-state index in [1.807, 2.05) is 0 Å². The predicted octanol–water partition coefficient (Wildman–Crippen LogP) is 1.81. The highest BCUT2D eigenvalue weighted by Gasteiger charge is 2.51. The van der Waals surface area contributed by atoms with Gasteiger partial charge in [-0.05, 0) is 31.1 Å². The summed E-state index contributed by atoms with van der Waals surface area (Å²) in [6, 6.07) is 0. The summed E-state index contributed by atoms with van der Waals surface area (Å²) < 4.78 is 0. The molecule has 1 atom stereocenters. The maximum Gasteiger partial charge on any atom is 0.0616 e. The Kier molecular flexibility index (Phi) is 2.37. The third kappa shape index (κ3) is 1.31. The molecule has 0 heterocycles. The van der Waals surface area contributed by atoms with Crippen molar-refractivity contribution in [1.82, 2.24) is 0 Å². The van der Waals surface area contributed by atoms with E-state index in [1.54, 1.807) is 0 Å². The summed E-state index contributed by atoms with van der Waals surface area (Å²) in [6.07, 6.45) is 10.0. The Hall–Kier alpha value is -0.0800. The zero-order valence-corrected chi connectivity index (χ0v) is 8.39. The largest absolute Gasteiger partial charge is 0.394 e. The van der Waals surface area contributed by atoms with Crippen LogP contribution in [-0.2, 0) is 0 Å². The van der Waals surface area contributed by atoms with Crippen molar-refractivity contribution < 1.29 is 5.11 Å². The summed E-state index contributed by atoms with van der Waals surface area (Å²) >= 11 is 0. The molecule has 0 aliphatic heterocycles. The highest BCUT2D eigenvalue weighted by Crippen LogP contribution is 2.53. The van der Waals surface area contributed by atoms with Gasteiger partial charge in [0.2, 0.25) is 0 Å². The molecular formula is C11H21NO. The maximum absolute atomic E-state index is 9.42. The summed E-state index contributed by atoms with van der Waals surface area (Å²) in [5.74, 6) is 0. The molecule has 0 saturated heterocycles. The first-order valence-corrected chi connectivity index (χ1v) is 5.62. The van der Waals surface area contributed by atoms with Crippen LogP contribution in [0.25, 0.3) is 0 Å².